The Labute approximate surface area is 75.6 Å². The molecule has 5 heteroatoms. The summed E-state index contributed by atoms with van der Waals surface area (Å²) in [6, 6.07) is 0. The summed E-state index contributed by atoms with van der Waals surface area (Å²) in [6.07, 6.45) is 0.622. The van der Waals surface area contributed by atoms with E-state index >= 15 is 0 Å². The molecule has 0 amide bonds. The van der Waals surface area contributed by atoms with Crippen LogP contribution in [-0.2, 0) is 14.3 Å². The highest BCUT2D eigenvalue weighted by atomic mass is 16.5. The Morgan fingerprint density at radius 2 is 1.92 bits per heavy atom. The van der Waals surface area contributed by atoms with E-state index in [4.69, 9.17) is 14.9 Å². The van der Waals surface area contributed by atoms with E-state index in [0.29, 0.717) is 0 Å². The van der Waals surface area contributed by atoms with Gasteiger partial charge in [-0.3, -0.25) is 9.59 Å². The van der Waals surface area contributed by atoms with E-state index in [0.717, 1.165) is 6.26 Å². The Balaban J connectivity index is 4.17. The average molecular weight is 188 g/mol. The Kier molecular flexibility index (Phi) is 4.58. The summed E-state index contributed by atoms with van der Waals surface area (Å²) in [6.45, 7) is 4.86. The highest BCUT2D eigenvalue weighted by Crippen LogP contribution is 2.10. The van der Waals surface area contributed by atoms with Crippen molar-refractivity contribution in [1.29, 1.82) is 0 Å². The number of ether oxygens (including phenoxy) is 1. The van der Waals surface area contributed by atoms with Gasteiger partial charge in [0.25, 0.3) is 0 Å². The lowest BCUT2D eigenvalue weighted by Gasteiger charge is -2.13. The van der Waals surface area contributed by atoms with Crippen molar-refractivity contribution in [3.8, 4) is 0 Å². The van der Waals surface area contributed by atoms with Crippen LogP contribution >= 0.6 is 0 Å². The molecule has 0 aliphatic rings. The molecule has 0 spiro atoms. The minimum atomic E-state index is -1.42. The largest absolute Gasteiger partial charge is 0.499 e. The summed E-state index contributed by atoms with van der Waals surface area (Å²) in [5.74, 6) is -4.13. The van der Waals surface area contributed by atoms with Crippen LogP contribution in [0.3, 0.4) is 0 Å². The van der Waals surface area contributed by atoms with Crippen molar-refractivity contribution < 1.29 is 24.5 Å². The van der Waals surface area contributed by atoms with E-state index in [1.54, 1.807) is 6.92 Å². The third-order valence-electron chi connectivity index (χ3n) is 1.49. The van der Waals surface area contributed by atoms with Gasteiger partial charge in [0, 0.05) is 6.42 Å². The van der Waals surface area contributed by atoms with Crippen LogP contribution in [0.5, 0.6) is 0 Å². The SMILES string of the molecule is C=COC(C)CC(C(=O)O)C(=O)O. The van der Waals surface area contributed by atoms with Crippen molar-refractivity contribution in [2.75, 3.05) is 0 Å². The maximum atomic E-state index is 10.4. The van der Waals surface area contributed by atoms with E-state index in [-0.39, 0.29) is 6.42 Å². The van der Waals surface area contributed by atoms with Crippen LogP contribution in [-0.4, -0.2) is 28.3 Å². The van der Waals surface area contributed by atoms with E-state index in [1.807, 2.05) is 0 Å². The molecule has 74 valence electrons. The Bertz CT molecular complexity index is 197. The summed E-state index contributed by atoms with van der Waals surface area (Å²) in [4.78, 5) is 20.8. The van der Waals surface area contributed by atoms with Gasteiger partial charge in [-0.15, -0.1) is 0 Å². The fourth-order valence-electron chi connectivity index (χ4n) is 0.859. The number of carbonyl (C=O) groups is 2. The van der Waals surface area contributed by atoms with Crippen molar-refractivity contribution in [3.05, 3.63) is 12.8 Å². The lowest BCUT2D eigenvalue weighted by Crippen LogP contribution is -2.27. The van der Waals surface area contributed by atoms with Crippen LogP contribution < -0.4 is 0 Å². The van der Waals surface area contributed by atoms with Gasteiger partial charge in [0.1, 0.15) is 0 Å². The lowest BCUT2D eigenvalue weighted by atomic mass is 10.0. The zero-order valence-corrected chi connectivity index (χ0v) is 7.27. The summed E-state index contributed by atoms with van der Waals surface area (Å²) in [5.41, 5.74) is 0. The van der Waals surface area contributed by atoms with Crippen molar-refractivity contribution in [3.63, 3.8) is 0 Å². The zero-order chi connectivity index (χ0) is 10.4. The summed E-state index contributed by atoms with van der Waals surface area (Å²) in [5, 5.41) is 17.0. The van der Waals surface area contributed by atoms with E-state index in [9.17, 15) is 9.59 Å². The zero-order valence-electron chi connectivity index (χ0n) is 7.27. The van der Waals surface area contributed by atoms with Gasteiger partial charge in [-0.05, 0) is 6.92 Å². The third-order valence-corrected chi connectivity index (χ3v) is 1.49. The molecule has 0 aliphatic heterocycles. The molecule has 1 atom stereocenters. The molecule has 1 unspecified atom stereocenters. The molecule has 0 aromatic carbocycles. The van der Waals surface area contributed by atoms with Crippen molar-refractivity contribution in [2.24, 2.45) is 5.92 Å². The molecular weight excluding hydrogens is 176 g/mol. The Morgan fingerprint density at radius 3 is 2.23 bits per heavy atom. The molecule has 0 heterocycles. The molecule has 0 radical (unpaired) electrons. The van der Waals surface area contributed by atoms with E-state index in [1.165, 1.54) is 0 Å². The maximum Gasteiger partial charge on any atom is 0.318 e. The van der Waals surface area contributed by atoms with Crippen LogP contribution in [0.25, 0.3) is 0 Å². The van der Waals surface area contributed by atoms with Crippen LogP contribution in [0.1, 0.15) is 13.3 Å². The average Bonchev–Trinajstić information content (AvgIpc) is 1.99. The molecule has 2 N–H and O–H groups in total. The number of aliphatic carboxylic acids is 2. The fourth-order valence-corrected chi connectivity index (χ4v) is 0.859. The van der Waals surface area contributed by atoms with Crippen molar-refractivity contribution in [2.45, 2.75) is 19.4 Å². The molecule has 0 rings (SSSR count). The third kappa shape index (κ3) is 4.15. The molecule has 5 nitrogen and oxygen atoms in total. The van der Waals surface area contributed by atoms with Crippen LogP contribution in [0.2, 0.25) is 0 Å². The number of rotatable bonds is 6. The summed E-state index contributed by atoms with van der Waals surface area (Å²) in [7, 11) is 0. The van der Waals surface area contributed by atoms with Gasteiger partial charge < -0.3 is 14.9 Å². The molecule has 0 aromatic heterocycles. The second-order valence-corrected chi connectivity index (χ2v) is 2.58. The Hall–Kier alpha value is -1.52. The van der Waals surface area contributed by atoms with Gasteiger partial charge in [-0.2, -0.15) is 0 Å². The van der Waals surface area contributed by atoms with Crippen LogP contribution in [0.4, 0.5) is 0 Å². The first kappa shape index (κ1) is 11.5. The number of hydrogen-bond acceptors (Lipinski definition) is 3. The highest BCUT2D eigenvalue weighted by molar-refractivity contribution is 5.92. The molecule has 0 saturated carbocycles. The predicted octanol–water partition coefficient (Wildman–Crippen LogP) is 0.711. The lowest BCUT2D eigenvalue weighted by molar-refractivity contribution is -0.155. The minimum Gasteiger partial charge on any atom is -0.499 e. The second-order valence-electron chi connectivity index (χ2n) is 2.58. The molecule has 0 aliphatic carbocycles. The van der Waals surface area contributed by atoms with Gasteiger partial charge in [-0.25, -0.2) is 0 Å². The number of carboxylic acid groups (broad SMARTS) is 2. The van der Waals surface area contributed by atoms with Gasteiger partial charge in [0.05, 0.1) is 12.4 Å². The predicted molar refractivity (Wildman–Crippen MR) is 44.1 cm³/mol. The van der Waals surface area contributed by atoms with Crippen molar-refractivity contribution >= 4 is 11.9 Å². The molecule has 0 aromatic rings. The Morgan fingerprint density at radius 1 is 1.46 bits per heavy atom. The minimum absolute atomic E-state index is 0.0727. The van der Waals surface area contributed by atoms with Gasteiger partial charge >= 0.3 is 11.9 Å². The van der Waals surface area contributed by atoms with E-state index in [2.05, 4.69) is 6.58 Å². The monoisotopic (exact) mass is 188 g/mol. The molecule has 0 saturated heterocycles. The first-order valence-electron chi connectivity index (χ1n) is 3.71. The first-order valence-corrected chi connectivity index (χ1v) is 3.71. The van der Waals surface area contributed by atoms with E-state index < -0.39 is 24.0 Å². The van der Waals surface area contributed by atoms with Gasteiger partial charge in [-0.1, -0.05) is 6.58 Å². The molecule has 0 bridgehead atoms. The molecular formula is C8H12O5. The van der Waals surface area contributed by atoms with Crippen LogP contribution in [0, 0.1) is 5.92 Å². The van der Waals surface area contributed by atoms with Crippen LogP contribution in [0.15, 0.2) is 12.8 Å². The normalized spacial score (nSPS) is 12.2. The highest BCUT2D eigenvalue weighted by Gasteiger charge is 2.27. The van der Waals surface area contributed by atoms with Crippen molar-refractivity contribution in [1.82, 2.24) is 0 Å². The molecule has 0 fully saturated rings. The number of hydrogen-bond donors (Lipinski definition) is 2. The molecule has 13 heavy (non-hydrogen) atoms. The topological polar surface area (TPSA) is 83.8 Å². The first-order chi connectivity index (χ1) is 5.99. The van der Waals surface area contributed by atoms with Gasteiger partial charge in [0.15, 0.2) is 5.92 Å². The maximum absolute atomic E-state index is 10.4. The standard InChI is InChI=1S/C8H12O5/c1-3-13-5(2)4-6(7(9)10)8(11)12/h3,5-6H,1,4H2,2H3,(H,9,10)(H,11,12). The summed E-state index contributed by atoms with van der Waals surface area (Å²) < 4.78 is 4.81. The number of carboxylic acids is 2. The second kappa shape index (κ2) is 5.18. The van der Waals surface area contributed by atoms with Gasteiger partial charge in [0.2, 0.25) is 0 Å². The fraction of sp³-hybridized carbons (Fsp3) is 0.500. The smallest absolute Gasteiger partial charge is 0.318 e. The quantitative estimate of drug-likeness (QED) is 0.473. The summed E-state index contributed by atoms with van der Waals surface area (Å²) >= 11 is 0.